The van der Waals surface area contributed by atoms with Gasteiger partial charge in [-0.25, -0.2) is 13.6 Å². The fraction of sp³-hybridized carbons (Fsp3) is 0.469. The Morgan fingerprint density at radius 3 is 2.65 bits per heavy atom. The van der Waals surface area contributed by atoms with Gasteiger partial charge in [0.05, 0.1) is 16.6 Å². The number of piperazine rings is 1. The number of anilines is 1. The molecule has 2 fully saturated rings. The largest absolute Gasteiger partial charge is 0.488 e. The molecule has 43 heavy (non-hydrogen) atoms. The number of nitrogens with zero attached hydrogens (tertiary/aromatic N) is 5. The fourth-order valence-electron chi connectivity index (χ4n) is 6.84. The highest BCUT2D eigenvalue weighted by atomic mass is 35.5. The molecule has 1 unspecified atom stereocenters. The first-order chi connectivity index (χ1) is 20.7. The smallest absolute Gasteiger partial charge is 0.350 e. The third kappa shape index (κ3) is 5.40. The summed E-state index contributed by atoms with van der Waals surface area (Å²) in [6.45, 7) is 11.7. The van der Waals surface area contributed by atoms with Gasteiger partial charge in [-0.2, -0.15) is 4.98 Å². The van der Waals surface area contributed by atoms with E-state index in [1.54, 1.807) is 15.5 Å². The lowest BCUT2D eigenvalue weighted by Crippen LogP contribution is -2.58. The summed E-state index contributed by atoms with van der Waals surface area (Å²) in [6, 6.07) is 4.43. The second-order valence-electron chi connectivity index (χ2n) is 11.9. The topological polar surface area (TPSA) is 70.9 Å². The molecule has 1 amide bonds. The molecule has 6 rings (SSSR count). The van der Waals surface area contributed by atoms with Gasteiger partial charge in [0.2, 0.25) is 5.91 Å². The van der Waals surface area contributed by atoms with E-state index >= 15 is 4.39 Å². The zero-order valence-corrected chi connectivity index (χ0v) is 25.2. The molecule has 0 radical (unpaired) electrons. The number of halogens is 3. The van der Waals surface area contributed by atoms with Crippen molar-refractivity contribution in [2.45, 2.75) is 57.7 Å². The van der Waals surface area contributed by atoms with Gasteiger partial charge in [-0.15, -0.1) is 0 Å². The molecule has 0 aliphatic carbocycles. The number of benzene rings is 2. The maximum Gasteiger partial charge on any atom is 0.350 e. The number of rotatable bonds is 7. The van der Waals surface area contributed by atoms with Crippen LogP contribution in [0.4, 0.5) is 14.6 Å². The summed E-state index contributed by atoms with van der Waals surface area (Å²) in [6.07, 6.45) is 5.33. The van der Waals surface area contributed by atoms with E-state index < -0.39 is 17.3 Å². The first kappa shape index (κ1) is 29.6. The summed E-state index contributed by atoms with van der Waals surface area (Å²) in [4.78, 5) is 37.2. The number of hydrogen-bond donors (Lipinski definition) is 0. The predicted octanol–water partition coefficient (Wildman–Crippen LogP) is 5.42. The quantitative estimate of drug-likeness (QED) is 0.333. The van der Waals surface area contributed by atoms with Crippen LogP contribution in [0.25, 0.3) is 22.0 Å². The van der Waals surface area contributed by atoms with Gasteiger partial charge in [0, 0.05) is 47.8 Å². The SMILES string of the molecule is C=CC(=O)N1C[C@H](C)N(c2nc(=O)n3c4c(c(-c5ccc(F)cc5F)c(Cl)cc24)OCC3CCCN2CCCC2)C[C@H]1C. The molecule has 3 aromatic rings. The van der Waals surface area contributed by atoms with Gasteiger partial charge in [-0.05, 0) is 83.4 Å². The summed E-state index contributed by atoms with van der Waals surface area (Å²) in [5.74, 6) is -0.903. The third-order valence-corrected chi connectivity index (χ3v) is 9.31. The molecule has 11 heteroatoms. The Hall–Kier alpha value is -3.50. The van der Waals surface area contributed by atoms with Crippen LogP contribution in [-0.2, 0) is 4.79 Å². The minimum absolute atomic E-state index is 0.0895. The molecular weight excluding hydrogens is 576 g/mol. The van der Waals surface area contributed by atoms with Crippen molar-refractivity contribution in [1.82, 2.24) is 19.4 Å². The second-order valence-corrected chi connectivity index (χ2v) is 12.3. The Morgan fingerprint density at radius 2 is 1.93 bits per heavy atom. The normalized spacial score (nSPS) is 22.2. The maximum absolute atomic E-state index is 15.1. The molecule has 0 N–H and O–H groups in total. The molecule has 1 aromatic heterocycles. The van der Waals surface area contributed by atoms with E-state index in [1.807, 2.05) is 18.7 Å². The zero-order valence-electron chi connectivity index (χ0n) is 24.5. The number of aromatic nitrogens is 2. The molecule has 0 saturated carbocycles. The van der Waals surface area contributed by atoms with E-state index in [-0.39, 0.29) is 52.5 Å². The standard InChI is InChI=1S/C32H36ClF2N5O3/c1-4-27(41)38-16-20(3)39(17-19(38)2)31-24-15-25(33)28(23-10-9-21(34)14-26(23)35)30-29(24)40(32(42)36-31)22(18-43-30)8-7-13-37-11-5-6-12-37/h4,9-10,14-15,19-20,22H,1,5-8,11-13,16-18H2,2-3H3/t19-,20+,22?/m1/s1. The number of carbonyl (C=O) groups excluding carboxylic acids is 1. The summed E-state index contributed by atoms with van der Waals surface area (Å²) in [7, 11) is 0. The lowest BCUT2D eigenvalue weighted by molar-refractivity contribution is -0.128. The summed E-state index contributed by atoms with van der Waals surface area (Å²) in [5.41, 5.74) is 0.442. The predicted molar refractivity (Wildman–Crippen MR) is 164 cm³/mol. The van der Waals surface area contributed by atoms with E-state index in [9.17, 15) is 14.0 Å². The van der Waals surface area contributed by atoms with Crippen molar-refractivity contribution in [3.63, 3.8) is 0 Å². The average molecular weight is 612 g/mol. The molecule has 3 aliphatic rings. The van der Waals surface area contributed by atoms with Crippen molar-refractivity contribution in [1.29, 1.82) is 0 Å². The van der Waals surface area contributed by atoms with Crippen LogP contribution in [0.2, 0.25) is 5.02 Å². The Balaban J connectivity index is 1.49. The second kappa shape index (κ2) is 11.9. The van der Waals surface area contributed by atoms with Gasteiger partial charge < -0.3 is 19.4 Å². The molecule has 228 valence electrons. The molecule has 0 bridgehead atoms. The Kier molecular flexibility index (Phi) is 8.17. The minimum Gasteiger partial charge on any atom is -0.488 e. The van der Waals surface area contributed by atoms with Gasteiger partial charge in [0.1, 0.15) is 24.1 Å². The highest BCUT2D eigenvalue weighted by Crippen LogP contribution is 2.47. The van der Waals surface area contributed by atoms with Crippen LogP contribution >= 0.6 is 11.6 Å². The number of carbonyl (C=O) groups is 1. The van der Waals surface area contributed by atoms with Crippen LogP contribution in [0.1, 0.15) is 45.6 Å². The molecule has 8 nitrogen and oxygen atoms in total. The Labute approximate surface area is 254 Å². The van der Waals surface area contributed by atoms with E-state index in [2.05, 4.69) is 16.5 Å². The van der Waals surface area contributed by atoms with Crippen molar-refractivity contribution in [2.75, 3.05) is 44.2 Å². The fourth-order valence-corrected chi connectivity index (χ4v) is 7.13. The van der Waals surface area contributed by atoms with Crippen molar-refractivity contribution in [2.24, 2.45) is 0 Å². The van der Waals surface area contributed by atoms with Crippen molar-refractivity contribution >= 4 is 34.2 Å². The maximum atomic E-state index is 15.1. The third-order valence-electron chi connectivity index (χ3n) is 9.01. The molecule has 4 heterocycles. The number of likely N-dealkylation sites (tertiary alicyclic amines) is 1. The number of amides is 1. The minimum atomic E-state index is -0.775. The van der Waals surface area contributed by atoms with Crippen LogP contribution in [0.5, 0.6) is 5.75 Å². The molecule has 2 saturated heterocycles. The van der Waals surface area contributed by atoms with E-state index in [0.29, 0.717) is 36.2 Å². The lowest BCUT2D eigenvalue weighted by atomic mass is 9.98. The lowest BCUT2D eigenvalue weighted by Gasteiger charge is -2.45. The van der Waals surface area contributed by atoms with Crippen LogP contribution in [0, 0.1) is 11.6 Å². The zero-order chi connectivity index (χ0) is 30.4. The Morgan fingerprint density at radius 1 is 1.16 bits per heavy atom. The Bertz CT molecular complexity index is 1640. The van der Waals surface area contributed by atoms with Crippen molar-refractivity contribution < 1.29 is 18.3 Å². The monoisotopic (exact) mass is 611 g/mol. The van der Waals surface area contributed by atoms with E-state index in [0.717, 1.165) is 32.1 Å². The highest BCUT2D eigenvalue weighted by molar-refractivity contribution is 6.35. The van der Waals surface area contributed by atoms with Crippen LogP contribution in [-0.4, -0.2) is 76.7 Å². The van der Waals surface area contributed by atoms with Gasteiger partial charge in [-0.3, -0.25) is 9.36 Å². The van der Waals surface area contributed by atoms with Crippen LogP contribution < -0.4 is 15.3 Å². The van der Waals surface area contributed by atoms with Crippen molar-refractivity contribution in [3.8, 4) is 16.9 Å². The number of ether oxygens (including phenoxy) is 1. The van der Waals surface area contributed by atoms with Gasteiger partial charge in [0.15, 0.2) is 5.75 Å². The molecular formula is C32H36ClF2N5O3. The van der Waals surface area contributed by atoms with Crippen LogP contribution in [0.3, 0.4) is 0 Å². The van der Waals surface area contributed by atoms with Crippen LogP contribution in [0.15, 0.2) is 41.7 Å². The van der Waals surface area contributed by atoms with Gasteiger partial charge in [0.25, 0.3) is 0 Å². The van der Waals surface area contributed by atoms with Gasteiger partial charge in [-0.1, -0.05) is 18.2 Å². The molecule has 0 spiro atoms. The average Bonchev–Trinajstić information content (AvgIpc) is 3.50. The first-order valence-electron chi connectivity index (χ1n) is 15.0. The summed E-state index contributed by atoms with van der Waals surface area (Å²) in [5, 5.41) is 0.813. The van der Waals surface area contributed by atoms with Crippen molar-refractivity contribution in [3.05, 3.63) is 64.1 Å². The molecule has 2 aromatic carbocycles. The highest BCUT2D eigenvalue weighted by Gasteiger charge is 2.36. The molecule has 3 aliphatic heterocycles. The number of hydrogen-bond acceptors (Lipinski definition) is 6. The molecule has 3 atom stereocenters. The summed E-state index contributed by atoms with van der Waals surface area (Å²) >= 11 is 6.86. The van der Waals surface area contributed by atoms with E-state index in [1.165, 1.54) is 31.1 Å². The first-order valence-corrected chi connectivity index (χ1v) is 15.3. The van der Waals surface area contributed by atoms with E-state index in [4.69, 9.17) is 16.3 Å². The van der Waals surface area contributed by atoms with Gasteiger partial charge >= 0.3 is 5.69 Å². The summed E-state index contributed by atoms with van der Waals surface area (Å²) < 4.78 is 37.0.